The lowest BCUT2D eigenvalue weighted by molar-refractivity contribution is -0.274. The molecule has 1 saturated heterocycles. The van der Waals surface area contributed by atoms with Crippen molar-refractivity contribution in [2.75, 3.05) is 19.6 Å². The predicted octanol–water partition coefficient (Wildman–Crippen LogP) is 3.40. The van der Waals surface area contributed by atoms with Gasteiger partial charge in [0, 0.05) is 0 Å². The Kier molecular flexibility index (Phi) is 4.56. The predicted molar refractivity (Wildman–Crippen MR) is 70.4 cm³/mol. The molecule has 0 aromatic heterocycles. The maximum Gasteiger partial charge on any atom is 0.573 e. The molecule has 108 valence electrons. The summed E-state index contributed by atoms with van der Waals surface area (Å²) in [5, 5.41) is 0. The van der Waals surface area contributed by atoms with Crippen LogP contribution in [0.1, 0.15) is 24.3 Å². The minimum absolute atomic E-state index is 0.175. The fourth-order valence-electron chi connectivity index (χ4n) is 2.50. The summed E-state index contributed by atoms with van der Waals surface area (Å²) in [6.45, 7) is 2.51. The van der Waals surface area contributed by atoms with Gasteiger partial charge in [0.2, 0.25) is 0 Å². The molecule has 1 aromatic carbocycles. The number of alkyl halides is 3. The Bertz CT molecular complexity index is 467. The highest BCUT2D eigenvalue weighted by atomic mass is 19.4. The Balaban J connectivity index is 1.93. The first kappa shape index (κ1) is 14.7. The van der Waals surface area contributed by atoms with E-state index in [0.717, 1.165) is 31.5 Å². The number of likely N-dealkylation sites (tertiary alicyclic amines) is 1. The van der Waals surface area contributed by atoms with Crippen LogP contribution in [0.5, 0.6) is 5.75 Å². The summed E-state index contributed by atoms with van der Waals surface area (Å²) in [6.07, 6.45) is 2.58. The van der Waals surface area contributed by atoms with Gasteiger partial charge in [-0.05, 0) is 49.5 Å². The molecule has 1 aromatic rings. The van der Waals surface area contributed by atoms with Gasteiger partial charge in [0.05, 0.1) is 6.54 Å². The first-order chi connectivity index (χ1) is 9.48. The van der Waals surface area contributed by atoms with Crippen LogP contribution in [0.25, 0.3) is 0 Å². The van der Waals surface area contributed by atoms with Crippen molar-refractivity contribution in [3.8, 4) is 18.1 Å². The summed E-state index contributed by atoms with van der Waals surface area (Å²) in [5.41, 5.74) is 1.06. The van der Waals surface area contributed by atoms with E-state index in [4.69, 9.17) is 6.42 Å². The van der Waals surface area contributed by atoms with Crippen molar-refractivity contribution in [1.82, 2.24) is 4.90 Å². The van der Waals surface area contributed by atoms with Crippen LogP contribution < -0.4 is 4.74 Å². The van der Waals surface area contributed by atoms with Crippen molar-refractivity contribution >= 4 is 0 Å². The highest BCUT2D eigenvalue weighted by Gasteiger charge is 2.31. The number of benzene rings is 1. The van der Waals surface area contributed by atoms with Gasteiger partial charge in [0.25, 0.3) is 0 Å². The van der Waals surface area contributed by atoms with E-state index < -0.39 is 6.36 Å². The quantitative estimate of drug-likeness (QED) is 0.788. The number of ether oxygens (including phenoxy) is 1. The minimum Gasteiger partial charge on any atom is -0.406 e. The molecule has 0 spiro atoms. The number of hydrogen-bond acceptors (Lipinski definition) is 2. The van der Waals surface area contributed by atoms with Gasteiger partial charge in [-0.25, -0.2) is 0 Å². The Labute approximate surface area is 116 Å². The van der Waals surface area contributed by atoms with Crippen LogP contribution >= 0.6 is 0 Å². The lowest BCUT2D eigenvalue weighted by atomic mass is 9.89. The third-order valence-corrected chi connectivity index (χ3v) is 3.49. The zero-order valence-electron chi connectivity index (χ0n) is 11.0. The molecule has 20 heavy (non-hydrogen) atoms. The largest absolute Gasteiger partial charge is 0.573 e. The van der Waals surface area contributed by atoms with E-state index in [9.17, 15) is 13.2 Å². The van der Waals surface area contributed by atoms with Crippen molar-refractivity contribution in [1.29, 1.82) is 0 Å². The third kappa shape index (κ3) is 4.17. The zero-order chi connectivity index (χ0) is 14.6. The molecule has 1 heterocycles. The van der Waals surface area contributed by atoms with E-state index in [-0.39, 0.29) is 5.75 Å². The Morgan fingerprint density at radius 2 is 1.80 bits per heavy atom. The van der Waals surface area contributed by atoms with Crippen LogP contribution in [0, 0.1) is 12.3 Å². The van der Waals surface area contributed by atoms with E-state index in [2.05, 4.69) is 15.6 Å². The number of rotatable bonds is 3. The third-order valence-electron chi connectivity index (χ3n) is 3.49. The van der Waals surface area contributed by atoms with Gasteiger partial charge in [0.15, 0.2) is 0 Å². The first-order valence-electron chi connectivity index (χ1n) is 6.49. The van der Waals surface area contributed by atoms with Crippen LogP contribution in [-0.2, 0) is 0 Å². The molecule has 0 saturated carbocycles. The maximum absolute atomic E-state index is 12.1. The molecule has 0 atom stereocenters. The average molecular weight is 283 g/mol. The number of terminal acetylenes is 1. The highest BCUT2D eigenvalue weighted by Crippen LogP contribution is 2.30. The van der Waals surface area contributed by atoms with E-state index in [1.807, 2.05) is 0 Å². The van der Waals surface area contributed by atoms with Crippen molar-refractivity contribution < 1.29 is 17.9 Å². The van der Waals surface area contributed by atoms with Gasteiger partial charge >= 0.3 is 6.36 Å². The second-order valence-electron chi connectivity index (χ2n) is 4.87. The Morgan fingerprint density at radius 1 is 1.20 bits per heavy atom. The fraction of sp³-hybridized carbons (Fsp3) is 0.467. The smallest absolute Gasteiger partial charge is 0.406 e. The fourth-order valence-corrected chi connectivity index (χ4v) is 2.50. The molecule has 0 bridgehead atoms. The van der Waals surface area contributed by atoms with E-state index in [1.54, 1.807) is 12.1 Å². The average Bonchev–Trinajstić information content (AvgIpc) is 2.39. The summed E-state index contributed by atoms with van der Waals surface area (Å²) < 4.78 is 40.1. The zero-order valence-corrected chi connectivity index (χ0v) is 11.0. The Hall–Kier alpha value is -1.67. The molecule has 1 aliphatic heterocycles. The monoisotopic (exact) mass is 283 g/mol. The van der Waals surface area contributed by atoms with E-state index in [1.165, 1.54) is 12.1 Å². The van der Waals surface area contributed by atoms with Gasteiger partial charge < -0.3 is 4.74 Å². The molecule has 2 rings (SSSR count). The molecule has 1 fully saturated rings. The summed E-state index contributed by atoms with van der Waals surface area (Å²) >= 11 is 0. The van der Waals surface area contributed by atoms with Crippen LogP contribution in [0.3, 0.4) is 0 Å². The summed E-state index contributed by atoms with van der Waals surface area (Å²) in [6, 6.07) is 6.17. The number of piperidine rings is 1. The van der Waals surface area contributed by atoms with Gasteiger partial charge in [-0.3, -0.25) is 4.90 Å². The summed E-state index contributed by atoms with van der Waals surface area (Å²) in [5.74, 6) is 2.83. The molecule has 0 N–H and O–H groups in total. The molecular formula is C15H16F3NO. The molecule has 1 aliphatic rings. The topological polar surface area (TPSA) is 12.5 Å². The van der Waals surface area contributed by atoms with Crippen molar-refractivity contribution in [2.24, 2.45) is 0 Å². The number of nitrogens with zero attached hydrogens (tertiary/aromatic N) is 1. The van der Waals surface area contributed by atoms with Gasteiger partial charge in [0.1, 0.15) is 5.75 Å². The molecule has 0 aliphatic carbocycles. The number of halogens is 3. The van der Waals surface area contributed by atoms with Crippen LogP contribution in [0.15, 0.2) is 24.3 Å². The lowest BCUT2D eigenvalue weighted by Crippen LogP contribution is -2.33. The van der Waals surface area contributed by atoms with Gasteiger partial charge in [-0.2, -0.15) is 0 Å². The molecule has 0 amide bonds. The van der Waals surface area contributed by atoms with Crippen molar-refractivity contribution in [3.63, 3.8) is 0 Å². The van der Waals surface area contributed by atoms with Crippen molar-refractivity contribution in [3.05, 3.63) is 29.8 Å². The van der Waals surface area contributed by atoms with Crippen molar-refractivity contribution in [2.45, 2.75) is 25.1 Å². The lowest BCUT2D eigenvalue weighted by Gasteiger charge is -2.30. The van der Waals surface area contributed by atoms with Gasteiger partial charge in [-0.15, -0.1) is 19.6 Å². The minimum atomic E-state index is -4.64. The molecule has 2 nitrogen and oxygen atoms in total. The maximum atomic E-state index is 12.1. The summed E-state index contributed by atoms with van der Waals surface area (Å²) in [4.78, 5) is 2.21. The molecule has 0 radical (unpaired) electrons. The molecule has 0 unspecified atom stereocenters. The first-order valence-corrected chi connectivity index (χ1v) is 6.49. The number of hydrogen-bond donors (Lipinski definition) is 0. The second kappa shape index (κ2) is 6.19. The van der Waals surface area contributed by atoms with Crippen LogP contribution in [0.4, 0.5) is 13.2 Å². The van der Waals surface area contributed by atoms with Gasteiger partial charge in [-0.1, -0.05) is 18.1 Å². The normalized spacial score (nSPS) is 17.7. The molecule has 5 heteroatoms. The highest BCUT2D eigenvalue weighted by molar-refractivity contribution is 5.30. The second-order valence-corrected chi connectivity index (χ2v) is 4.87. The molecular weight excluding hydrogens is 267 g/mol. The summed E-state index contributed by atoms with van der Waals surface area (Å²) in [7, 11) is 0. The van der Waals surface area contributed by atoms with Crippen LogP contribution in [-0.4, -0.2) is 30.9 Å². The van der Waals surface area contributed by atoms with Crippen LogP contribution in [0.2, 0.25) is 0 Å². The SMILES string of the molecule is C#CCN1CCC(c2ccc(OC(F)(F)F)cc2)CC1. The standard InChI is InChI=1S/C15H16F3NO/c1-2-9-19-10-7-13(8-11-19)12-3-5-14(6-4-12)20-15(16,17)18/h1,3-6,13H,7-11H2. The van der Waals surface area contributed by atoms with E-state index >= 15 is 0 Å². The van der Waals surface area contributed by atoms with E-state index in [0.29, 0.717) is 12.5 Å². The Morgan fingerprint density at radius 3 is 2.30 bits per heavy atom.